The van der Waals surface area contributed by atoms with Crippen molar-refractivity contribution >= 4 is 11.6 Å². The highest BCUT2D eigenvalue weighted by molar-refractivity contribution is 5.78. The van der Waals surface area contributed by atoms with Gasteiger partial charge in [0.25, 0.3) is 0 Å². The number of nitrogens with one attached hydrogen (secondary N) is 1. The third-order valence-electron chi connectivity index (χ3n) is 2.32. The summed E-state index contributed by atoms with van der Waals surface area (Å²) in [5.74, 6) is 0.387. The van der Waals surface area contributed by atoms with E-state index in [0.717, 1.165) is 17.0 Å². The van der Waals surface area contributed by atoms with Gasteiger partial charge in [0.2, 0.25) is 5.91 Å². The van der Waals surface area contributed by atoms with Crippen LogP contribution in [0.4, 0.5) is 5.69 Å². The molecule has 1 amide bonds. The minimum Gasteiger partial charge on any atom is -0.447 e. The molecule has 17 heavy (non-hydrogen) atoms. The molecule has 1 heterocycles. The minimum atomic E-state index is -0.348. The first-order chi connectivity index (χ1) is 8.25. The van der Waals surface area contributed by atoms with Crippen LogP contribution in [0.25, 0.3) is 0 Å². The molecule has 5 heteroatoms. The predicted molar refractivity (Wildman–Crippen MR) is 63.2 cm³/mol. The molecule has 0 radical (unpaired) electrons. The van der Waals surface area contributed by atoms with Crippen LogP contribution in [0, 0.1) is 0 Å². The maximum Gasteiger partial charge on any atom is 0.221 e. The molecule has 0 unspecified atom stereocenters. The molecule has 0 spiro atoms. The summed E-state index contributed by atoms with van der Waals surface area (Å²) in [7, 11) is 0. The Kier molecular flexibility index (Phi) is 3.40. The summed E-state index contributed by atoms with van der Waals surface area (Å²) in [5.41, 5.74) is 6.94. The number of para-hydroxylation sites is 1. The Labute approximate surface area is 98.6 Å². The molecular formula is C12H13N3O2. The summed E-state index contributed by atoms with van der Waals surface area (Å²) in [6, 6.07) is 7.53. The van der Waals surface area contributed by atoms with Crippen molar-refractivity contribution in [3.8, 4) is 0 Å². The summed E-state index contributed by atoms with van der Waals surface area (Å²) in [6.45, 7) is 0.524. The lowest BCUT2D eigenvalue weighted by atomic mass is 10.1. The summed E-state index contributed by atoms with van der Waals surface area (Å²) in [5, 5.41) is 3.18. The Hall–Kier alpha value is -2.30. The quantitative estimate of drug-likeness (QED) is 0.813. The molecule has 0 fully saturated rings. The van der Waals surface area contributed by atoms with Crippen LogP contribution in [0.3, 0.4) is 0 Å². The lowest BCUT2D eigenvalue weighted by Crippen LogP contribution is -2.15. The minimum absolute atomic E-state index is 0.222. The summed E-state index contributed by atoms with van der Waals surface area (Å²) in [4.78, 5) is 14.7. The molecule has 0 atom stereocenters. The molecule has 1 aromatic heterocycles. The van der Waals surface area contributed by atoms with Crippen molar-refractivity contribution in [2.24, 2.45) is 5.73 Å². The molecule has 2 rings (SSSR count). The smallest absolute Gasteiger partial charge is 0.221 e. The second kappa shape index (κ2) is 5.16. The van der Waals surface area contributed by atoms with Crippen LogP contribution in [0.2, 0.25) is 0 Å². The highest BCUT2D eigenvalue weighted by Gasteiger charge is 2.05. The molecule has 0 bridgehead atoms. The van der Waals surface area contributed by atoms with E-state index in [4.69, 9.17) is 10.2 Å². The van der Waals surface area contributed by atoms with Crippen LogP contribution < -0.4 is 11.1 Å². The number of nitrogens with zero attached hydrogens (tertiary/aromatic N) is 1. The molecule has 0 aliphatic rings. The Balaban J connectivity index is 2.06. The average Bonchev–Trinajstić information content (AvgIpc) is 2.80. The standard InChI is InChI=1S/C12H13N3O2/c13-12(16)5-9-3-1-2-4-11(9)15-7-10-6-14-8-17-10/h1-4,6,8,15H,5,7H2,(H2,13,16). The summed E-state index contributed by atoms with van der Waals surface area (Å²) < 4.78 is 5.11. The molecule has 3 N–H and O–H groups in total. The van der Waals surface area contributed by atoms with E-state index in [1.165, 1.54) is 6.39 Å². The zero-order chi connectivity index (χ0) is 12.1. The van der Waals surface area contributed by atoms with Crippen molar-refractivity contribution in [2.75, 3.05) is 5.32 Å². The summed E-state index contributed by atoms with van der Waals surface area (Å²) >= 11 is 0. The number of anilines is 1. The van der Waals surface area contributed by atoms with Crippen LogP contribution in [-0.2, 0) is 17.8 Å². The number of aromatic nitrogens is 1. The van der Waals surface area contributed by atoms with Gasteiger partial charge in [-0.05, 0) is 11.6 Å². The fourth-order valence-electron chi connectivity index (χ4n) is 1.55. The monoisotopic (exact) mass is 231 g/mol. The largest absolute Gasteiger partial charge is 0.447 e. The average molecular weight is 231 g/mol. The topological polar surface area (TPSA) is 81.2 Å². The zero-order valence-corrected chi connectivity index (χ0v) is 9.22. The van der Waals surface area contributed by atoms with E-state index < -0.39 is 0 Å². The molecule has 88 valence electrons. The highest BCUT2D eigenvalue weighted by atomic mass is 16.3. The van der Waals surface area contributed by atoms with Crippen molar-refractivity contribution in [3.63, 3.8) is 0 Å². The number of carbonyl (C=O) groups excluding carboxylic acids is 1. The number of oxazole rings is 1. The number of carbonyl (C=O) groups is 1. The second-order valence-corrected chi connectivity index (χ2v) is 3.62. The Morgan fingerprint density at radius 3 is 2.94 bits per heavy atom. The number of hydrogen-bond donors (Lipinski definition) is 2. The van der Waals surface area contributed by atoms with Crippen molar-refractivity contribution in [3.05, 3.63) is 48.2 Å². The van der Waals surface area contributed by atoms with Crippen molar-refractivity contribution in [1.82, 2.24) is 4.98 Å². The van der Waals surface area contributed by atoms with E-state index in [9.17, 15) is 4.79 Å². The van der Waals surface area contributed by atoms with E-state index >= 15 is 0 Å². The van der Waals surface area contributed by atoms with Gasteiger partial charge in [-0.2, -0.15) is 0 Å². The van der Waals surface area contributed by atoms with E-state index in [2.05, 4.69) is 10.3 Å². The summed E-state index contributed by atoms with van der Waals surface area (Å²) in [6.07, 6.45) is 3.25. The maximum atomic E-state index is 10.9. The van der Waals surface area contributed by atoms with Crippen LogP contribution in [0.15, 0.2) is 41.3 Å². The van der Waals surface area contributed by atoms with Crippen molar-refractivity contribution in [2.45, 2.75) is 13.0 Å². The van der Waals surface area contributed by atoms with E-state index in [1.807, 2.05) is 24.3 Å². The molecule has 2 aromatic rings. The lowest BCUT2D eigenvalue weighted by molar-refractivity contribution is -0.117. The number of benzene rings is 1. The Morgan fingerprint density at radius 1 is 1.41 bits per heavy atom. The van der Waals surface area contributed by atoms with Crippen LogP contribution in [0.5, 0.6) is 0 Å². The lowest BCUT2D eigenvalue weighted by Gasteiger charge is -2.09. The van der Waals surface area contributed by atoms with Crippen LogP contribution >= 0.6 is 0 Å². The zero-order valence-electron chi connectivity index (χ0n) is 9.22. The Morgan fingerprint density at radius 2 is 2.24 bits per heavy atom. The number of primary amides is 1. The fraction of sp³-hybridized carbons (Fsp3) is 0.167. The molecule has 0 saturated heterocycles. The van der Waals surface area contributed by atoms with Gasteiger partial charge in [-0.15, -0.1) is 0 Å². The third-order valence-corrected chi connectivity index (χ3v) is 2.32. The van der Waals surface area contributed by atoms with Gasteiger partial charge in [-0.1, -0.05) is 18.2 Å². The molecule has 0 saturated carbocycles. The van der Waals surface area contributed by atoms with Crippen LogP contribution in [0.1, 0.15) is 11.3 Å². The molecule has 5 nitrogen and oxygen atoms in total. The Bertz CT molecular complexity index is 494. The van der Waals surface area contributed by atoms with Gasteiger partial charge in [-0.3, -0.25) is 4.79 Å². The molecular weight excluding hydrogens is 218 g/mol. The highest BCUT2D eigenvalue weighted by Crippen LogP contribution is 2.16. The van der Waals surface area contributed by atoms with Gasteiger partial charge in [0.1, 0.15) is 5.76 Å². The first-order valence-electron chi connectivity index (χ1n) is 5.23. The maximum absolute atomic E-state index is 10.9. The molecule has 1 aromatic carbocycles. The van der Waals surface area contributed by atoms with E-state index in [-0.39, 0.29) is 12.3 Å². The van der Waals surface area contributed by atoms with Gasteiger partial charge < -0.3 is 15.5 Å². The third kappa shape index (κ3) is 3.07. The van der Waals surface area contributed by atoms with Crippen molar-refractivity contribution < 1.29 is 9.21 Å². The first-order valence-corrected chi connectivity index (χ1v) is 5.23. The first kappa shape index (κ1) is 11.2. The van der Waals surface area contributed by atoms with Crippen LogP contribution in [-0.4, -0.2) is 10.9 Å². The van der Waals surface area contributed by atoms with Gasteiger partial charge in [-0.25, -0.2) is 4.98 Å². The molecule has 0 aliphatic heterocycles. The van der Waals surface area contributed by atoms with E-state index in [0.29, 0.717) is 6.54 Å². The number of hydrogen-bond acceptors (Lipinski definition) is 4. The predicted octanol–water partition coefficient (Wildman–Crippen LogP) is 1.31. The van der Waals surface area contributed by atoms with Crippen molar-refractivity contribution in [1.29, 1.82) is 0 Å². The van der Waals surface area contributed by atoms with Gasteiger partial charge in [0.15, 0.2) is 6.39 Å². The molecule has 0 aliphatic carbocycles. The normalized spacial score (nSPS) is 10.1. The second-order valence-electron chi connectivity index (χ2n) is 3.62. The van der Waals surface area contributed by atoms with Gasteiger partial charge in [0, 0.05) is 5.69 Å². The SMILES string of the molecule is NC(=O)Cc1ccccc1NCc1cnco1. The fourth-order valence-corrected chi connectivity index (χ4v) is 1.55. The number of amides is 1. The number of nitrogens with two attached hydrogens (primary N) is 1. The number of rotatable bonds is 5. The van der Waals surface area contributed by atoms with Gasteiger partial charge in [0.05, 0.1) is 19.2 Å². The van der Waals surface area contributed by atoms with Gasteiger partial charge >= 0.3 is 0 Å². The van der Waals surface area contributed by atoms with E-state index in [1.54, 1.807) is 6.20 Å².